The van der Waals surface area contributed by atoms with Gasteiger partial charge in [0.15, 0.2) is 0 Å². The third-order valence-corrected chi connectivity index (χ3v) is 3.37. The van der Waals surface area contributed by atoms with Crippen LogP contribution in [0.3, 0.4) is 0 Å². The van der Waals surface area contributed by atoms with Crippen molar-refractivity contribution in [3.05, 3.63) is 11.6 Å². The van der Waals surface area contributed by atoms with Crippen LogP contribution in [0, 0.1) is 17.8 Å². The van der Waals surface area contributed by atoms with E-state index in [9.17, 15) is 0 Å². The van der Waals surface area contributed by atoms with Crippen LogP contribution in [0.25, 0.3) is 0 Å². The highest BCUT2D eigenvalue weighted by atomic mass is 14.3. The highest BCUT2D eigenvalue weighted by Crippen LogP contribution is 2.43. The van der Waals surface area contributed by atoms with Crippen molar-refractivity contribution >= 4 is 0 Å². The largest absolute Gasteiger partial charge is 0.120 e. The number of allylic oxidation sites excluding steroid dienone is 2. The maximum absolute atomic E-state index is 5.32. The van der Waals surface area contributed by atoms with E-state index in [0.717, 1.165) is 6.42 Å². The molecule has 0 radical (unpaired) electrons. The Bertz CT molecular complexity index is 229. The van der Waals surface area contributed by atoms with Gasteiger partial charge in [0.05, 0.1) is 0 Å². The maximum atomic E-state index is 5.32. The summed E-state index contributed by atoms with van der Waals surface area (Å²) in [6.07, 6.45) is 15.1. The first-order valence-electron chi connectivity index (χ1n) is 5.32. The van der Waals surface area contributed by atoms with Crippen LogP contribution in [0.4, 0.5) is 0 Å². The van der Waals surface area contributed by atoms with Crippen molar-refractivity contribution in [1.82, 2.24) is 0 Å². The summed E-state index contributed by atoms with van der Waals surface area (Å²) in [5.41, 5.74) is 2.05. The van der Waals surface area contributed by atoms with E-state index < -0.39 is 0 Å². The van der Waals surface area contributed by atoms with Gasteiger partial charge in [-0.1, -0.05) is 25.0 Å². The Labute approximate surface area is 82.4 Å². The molecule has 0 amide bonds. The molecule has 0 nitrogen and oxygen atoms in total. The first-order chi connectivity index (χ1) is 6.23. The van der Waals surface area contributed by atoms with E-state index in [1.54, 1.807) is 5.57 Å². The quantitative estimate of drug-likeness (QED) is 0.442. The van der Waals surface area contributed by atoms with E-state index >= 15 is 0 Å². The monoisotopic (exact) mass is 176 g/mol. The Morgan fingerprint density at radius 2 is 2.31 bits per heavy atom. The molecule has 1 atom stereocenters. The summed E-state index contributed by atoms with van der Waals surface area (Å²) in [6.45, 7) is 4.54. The Hall–Kier alpha value is -0.700. The van der Waals surface area contributed by atoms with Gasteiger partial charge in [0, 0.05) is 6.42 Å². The van der Waals surface area contributed by atoms with Crippen LogP contribution >= 0.6 is 0 Å². The van der Waals surface area contributed by atoms with Crippen LogP contribution in [0.1, 0.15) is 52.4 Å². The minimum absolute atomic E-state index is 0.416. The first kappa shape index (κ1) is 10.4. The van der Waals surface area contributed by atoms with Crippen molar-refractivity contribution in [3.8, 4) is 12.3 Å². The second-order valence-electron chi connectivity index (χ2n) is 4.29. The molecule has 0 spiro atoms. The van der Waals surface area contributed by atoms with E-state index in [4.69, 9.17) is 6.42 Å². The van der Waals surface area contributed by atoms with Gasteiger partial charge in [0.1, 0.15) is 0 Å². The normalized spacial score (nSPS) is 31.6. The smallest absolute Gasteiger partial charge is 0.00943 e. The zero-order chi connectivity index (χ0) is 9.73. The van der Waals surface area contributed by atoms with Crippen molar-refractivity contribution in [2.45, 2.75) is 52.4 Å². The molecule has 0 heterocycles. The third kappa shape index (κ3) is 2.37. The molecule has 0 heteroatoms. The minimum atomic E-state index is 0.416. The molecule has 0 aliphatic heterocycles. The maximum Gasteiger partial charge on any atom is 0.00943 e. The summed E-state index contributed by atoms with van der Waals surface area (Å²) in [5, 5.41) is 0. The summed E-state index contributed by atoms with van der Waals surface area (Å²) in [6, 6.07) is 0. The predicted molar refractivity (Wildman–Crippen MR) is 58.4 cm³/mol. The van der Waals surface area contributed by atoms with Crippen LogP contribution < -0.4 is 0 Å². The van der Waals surface area contributed by atoms with Crippen LogP contribution in [-0.2, 0) is 0 Å². The lowest BCUT2D eigenvalue weighted by molar-refractivity contribution is 0.284. The number of terminal acetylenes is 1. The van der Waals surface area contributed by atoms with Crippen LogP contribution in [0.5, 0.6) is 0 Å². The lowest BCUT2D eigenvalue weighted by Crippen LogP contribution is -2.23. The standard InChI is InChI=1S/C13H20/c1-4-6-10-13(3)11-8-7-9-12(13)5-2/h1,5H,6-11H2,2-3H3/b12-5+/t13-/m1/s1. The Morgan fingerprint density at radius 1 is 1.54 bits per heavy atom. The molecule has 72 valence electrons. The van der Waals surface area contributed by atoms with Crippen LogP contribution in [-0.4, -0.2) is 0 Å². The van der Waals surface area contributed by atoms with Gasteiger partial charge in [0.25, 0.3) is 0 Å². The lowest BCUT2D eigenvalue weighted by atomic mass is 9.69. The molecular weight excluding hydrogens is 156 g/mol. The second-order valence-corrected chi connectivity index (χ2v) is 4.29. The van der Waals surface area contributed by atoms with E-state index in [2.05, 4.69) is 25.8 Å². The molecule has 1 aliphatic carbocycles. The van der Waals surface area contributed by atoms with Gasteiger partial charge in [-0.25, -0.2) is 0 Å². The Morgan fingerprint density at radius 3 is 2.92 bits per heavy atom. The number of rotatable bonds is 2. The third-order valence-electron chi connectivity index (χ3n) is 3.37. The summed E-state index contributed by atoms with van der Waals surface area (Å²) >= 11 is 0. The average Bonchev–Trinajstić information content (AvgIpc) is 2.16. The van der Waals surface area contributed by atoms with Crippen LogP contribution in [0.15, 0.2) is 11.6 Å². The molecule has 1 fully saturated rings. The lowest BCUT2D eigenvalue weighted by Gasteiger charge is -2.36. The molecule has 13 heavy (non-hydrogen) atoms. The SMILES string of the molecule is C#CCC[C@]1(C)CCCC/C1=C\C. The van der Waals surface area contributed by atoms with Gasteiger partial charge < -0.3 is 0 Å². The van der Waals surface area contributed by atoms with E-state index in [0.29, 0.717) is 5.41 Å². The van der Waals surface area contributed by atoms with Gasteiger partial charge in [0.2, 0.25) is 0 Å². The highest BCUT2D eigenvalue weighted by Gasteiger charge is 2.29. The zero-order valence-electron chi connectivity index (χ0n) is 8.90. The second kappa shape index (κ2) is 4.51. The van der Waals surface area contributed by atoms with Gasteiger partial charge in [-0.3, -0.25) is 0 Å². The van der Waals surface area contributed by atoms with Gasteiger partial charge in [-0.15, -0.1) is 12.3 Å². The summed E-state index contributed by atoms with van der Waals surface area (Å²) < 4.78 is 0. The molecule has 0 unspecified atom stereocenters. The highest BCUT2D eigenvalue weighted by molar-refractivity contribution is 5.15. The van der Waals surface area contributed by atoms with Crippen molar-refractivity contribution < 1.29 is 0 Å². The minimum Gasteiger partial charge on any atom is -0.120 e. The molecule has 0 saturated heterocycles. The van der Waals surface area contributed by atoms with Gasteiger partial charge in [-0.05, 0) is 38.0 Å². The van der Waals surface area contributed by atoms with Crippen molar-refractivity contribution in [3.63, 3.8) is 0 Å². The summed E-state index contributed by atoms with van der Waals surface area (Å²) in [7, 11) is 0. The topological polar surface area (TPSA) is 0 Å². The molecule has 0 aromatic heterocycles. The zero-order valence-corrected chi connectivity index (χ0v) is 8.90. The van der Waals surface area contributed by atoms with E-state index in [1.165, 1.54) is 32.1 Å². The molecule has 0 aromatic carbocycles. The molecule has 1 saturated carbocycles. The average molecular weight is 176 g/mol. The molecule has 0 N–H and O–H groups in total. The predicted octanol–water partition coefficient (Wildman–Crippen LogP) is 3.93. The summed E-state index contributed by atoms with van der Waals surface area (Å²) in [4.78, 5) is 0. The van der Waals surface area contributed by atoms with Gasteiger partial charge >= 0.3 is 0 Å². The number of hydrogen-bond donors (Lipinski definition) is 0. The summed E-state index contributed by atoms with van der Waals surface area (Å²) in [5.74, 6) is 2.76. The molecule has 1 aliphatic rings. The molecule has 0 aromatic rings. The van der Waals surface area contributed by atoms with E-state index in [-0.39, 0.29) is 0 Å². The molecule has 0 bridgehead atoms. The fraction of sp³-hybridized carbons (Fsp3) is 0.692. The Balaban J connectivity index is 2.67. The molecular formula is C13H20. The fourth-order valence-corrected chi connectivity index (χ4v) is 2.42. The van der Waals surface area contributed by atoms with Gasteiger partial charge in [-0.2, -0.15) is 0 Å². The fourth-order valence-electron chi connectivity index (χ4n) is 2.42. The van der Waals surface area contributed by atoms with Crippen LogP contribution in [0.2, 0.25) is 0 Å². The van der Waals surface area contributed by atoms with Crippen molar-refractivity contribution in [2.24, 2.45) is 5.41 Å². The number of hydrogen-bond acceptors (Lipinski definition) is 0. The molecule has 1 rings (SSSR count). The van der Waals surface area contributed by atoms with Crippen molar-refractivity contribution in [1.29, 1.82) is 0 Å². The Kier molecular flexibility index (Phi) is 3.60. The first-order valence-corrected chi connectivity index (χ1v) is 5.32. The van der Waals surface area contributed by atoms with E-state index in [1.807, 2.05) is 0 Å². The van der Waals surface area contributed by atoms with Crippen molar-refractivity contribution in [2.75, 3.05) is 0 Å².